The molecule has 0 aliphatic carbocycles. The van der Waals surface area contributed by atoms with Crippen LogP contribution in [0.25, 0.3) is 11.3 Å². The summed E-state index contributed by atoms with van der Waals surface area (Å²) >= 11 is 6.36. The molecule has 1 amide bonds. The standard InChI is InChI=1S/C25H28ClN3O3/c1-18(21-5-3-4-6-22(21)26)28-13-15-29(16-14-28)25(30)12-11-24-27-17-23(32-24)19-7-9-20(31-2)10-8-19/h3-10,17-18H,11-16H2,1-2H3. The first-order chi connectivity index (χ1) is 15.5. The van der Waals surface area contributed by atoms with Gasteiger partial charge in [-0.2, -0.15) is 0 Å². The van der Waals surface area contributed by atoms with Crippen molar-refractivity contribution in [3.05, 3.63) is 71.2 Å². The molecule has 7 heteroatoms. The molecule has 1 aliphatic heterocycles. The molecular formula is C25H28ClN3O3. The van der Waals surface area contributed by atoms with Gasteiger partial charge in [0, 0.05) is 55.6 Å². The number of benzene rings is 2. The monoisotopic (exact) mass is 453 g/mol. The van der Waals surface area contributed by atoms with E-state index in [9.17, 15) is 4.79 Å². The summed E-state index contributed by atoms with van der Waals surface area (Å²) in [6.45, 7) is 5.27. The number of hydrogen-bond acceptors (Lipinski definition) is 5. The molecule has 1 aromatic heterocycles. The Hall–Kier alpha value is -2.83. The summed E-state index contributed by atoms with van der Waals surface area (Å²) in [6.07, 6.45) is 2.59. The van der Waals surface area contributed by atoms with E-state index in [1.807, 2.05) is 47.4 Å². The van der Waals surface area contributed by atoms with Crippen LogP contribution < -0.4 is 4.74 Å². The van der Waals surface area contributed by atoms with Crippen molar-refractivity contribution < 1.29 is 13.9 Å². The van der Waals surface area contributed by atoms with Gasteiger partial charge in [-0.25, -0.2) is 4.98 Å². The number of amides is 1. The van der Waals surface area contributed by atoms with Crippen LogP contribution in [0.4, 0.5) is 0 Å². The molecule has 6 nitrogen and oxygen atoms in total. The zero-order valence-corrected chi connectivity index (χ0v) is 19.2. The van der Waals surface area contributed by atoms with Gasteiger partial charge in [0.05, 0.1) is 13.3 Å². The van der Waals surface area contributed by atoms with Gasteiger partial charge in [0.2, 0.25) is 5.91 Å². The second-order valence-corrected chi connectivity index (χ2v) is 8.37. The summed E-state index contributed by atoms with van der Waals surface area (Å²) in [7, 11) is 1.64. The molecule has 0 saturated carbocycles. The van der Waals surface area contributed by atoms with Crippen LogP contribution in [0.15, 0.2) is 59.1 Å². The lowest BCUT2D eigenvalue weighted by molar-refractivity contribution is -0.133. The molecule has 1 aliphatic rings. The smallest absolute Gasteiger partial charge is 0.223 e. The summed E-state index contributed by atoms with van der Waals surface area (Å²) in [4.78, 5) is 21.4. The topological polar surface area (TPSA) is 58.8 Å². The van der Waals surface area contributed by atoms with E-state index in [0.29, 0.717) is 24.5 Å². The zero-order chi connectivity index (χ0) is 22.5. The number of nitrogens with zero attached hydrogens (tertiary/aromatic N) is 3. The fraction of sp³-hybridized carbons (Fsp3) is 0.360. The van der Waals surface area contributed by atoms with E-state index in [4.69, 9.17) is 20.8 Å². The third kappa shape index (κ3) is 5.14. The quantitative estimate of drug-likeness (QED) is 0.512. The van der Waals surface area contributed by atoms with Crippen molar-refractivity contribution in [1.82, 2.24) is 14.8 Å². The molecule has 0 bridgehead atoms. The van der Waals surface area contributed by atoms with Crippen molar-refractivity contribution in [2.45, 2.75) is 25.8 Å². The van der Waals surface area contributed by atoms with E-state index in [0.717, 1.165) is 48.1 Å². The van der Waals surface area contributed by atoms with Gasteiger partial charge in [-0.1, -0.05) is 29.8 Å². The lowest BCUT2D eigenvalue weighted by Gasteiger charge is -2.38. The average molecular weight is 454 g/mol. The molecule has 3 aromatic rings. The molecule has 168 valence electrons. The normalized spacial score (nSPS) is 15.5. The fourth-order valence-corrected chi connectivity index (χ4v) is 4.35. The molecule has 4 rings (SSSR count). The van der Waals surface area contributed by atoms with Crippen molar-refractivity contribution >= 4 is 17.5 Å². The molecule has 1 atom stereocenters. The van der Waals surface area contributed by atoms with Crippen LogP contribution in [0.5, 0.6) is 5.75 Å². The highest BCUT2D eigenvalue weighted by Gasteiger charge is 2.25. The molecule has 0 spiro atoms. The SMILES string of the molecule is COc1ccc(-c2cnc(CCC(=O)N3CCN(C(C)c4ccccc4Cl)CC3)o2)cc1. The van der Waals surface area contributed by atoms with E-state index in [1.165, 1.54) is 0 Å². The van der Waals surface area contributed by atoms with Crippen LogP contribution in [0, 0.1) is 0 Å². The third-order valence-corrected chi connectivity index (χ3v) is 6.40. The van der Waals surface area contributed by atoms with Crippen LogP contribution in [0.3, 0.4) is 0 Å². The number of carbonyl (C=O) groups excluding carboxylic acids is 1. The first-order valence-electron chi connectivity index (χ1n) is 10.9. The summed E-state index contributed by atoms with van der Waals surface area (Å²) < 4.78 is 11.0. The Morgan fingerprint density at radius 3 is 2.53 bits per heavy atom. The Labute approximate surface area is 193 Å². The number of methoxy groups -OCH3 is 1. The minimum atomic E-state index is 0.138. The number of aryl methyl sites for hydroxylation is 1. The number of ether oxygens (including phenoxy) is 1. The summed E-state index contributed by atoms with van der Waals surface area (Å²) in [6, 6.07) is 15.8. The summed E-state index contributed by atoms with van der Waals surface area (Å²) in [5.41, 5.74) is 2.06. The minimum Gasteiger partial charge on any atom is -0.497 e. The number of piperazine rings is 1. The maximum absolute atomic E-state index is 12.7. The molecule has 1 fully saturated rings. The minimum absolute atomic E-state index is 0.138. The Kier molecular flexibility index (Phi) is 7.12. The predicted molar refractivity (Wildman–Crippen MR) is 125 cm³/mol. The average Bonchev–Trinajstić information content (AvgIpc) is 3.32. The highest BCUT2D eigenvalue weighted by atomic mass is 35.5. The maximum Gasteiger partial charge on any atom is 0.223 e. The van der Waals surface area contributed by atoms with Gasteiger partial charge in [0.25, 0.3) is 0 Å². The number of aromatic nitrogens is 1. The van der Waals surface area contributed by atoms with Crippen molar-refractivity contribution in [3.8, 4) is 17.1 Å². The molecule has 0 N–H and O–H groups in total. The van der Waals surface area contributed by atoms with Gasteiger partial charge in [0.1, 0.15) is 5.75 Å². The molecule has 32 heavy (non-hydrogen) atoms. The fourth-order valence-electron chi connectivity index (χ4n) is 4.06. The van der Waals surface area contributed by atoms with E-state index in [1.54, 1.807) is 13.3 Å². The van der Waals surface area contributed by atoms with Crippen LogP contribution in [0.2, 0.25) is 5.02 Å². The van der Waals surface area contributed by atoms with Gasteiger partial charge in [-0.15, -0.1) is 0 Å². The second kappa shape index (κ2) is 10.2. The second-order valence-electron chi connectivity index (χ2n) is 7.96. The van der Waals surface area contributed by atoms with Crippen molar-refractivity contribution in [3.63, 3.8) is 0 Å². The van der Waals surface area contributed by atoms with E-state index in [2.05, 4.69) is 22.9 Å². The highest BCUT2D eigenvalue weighted by Crippen LogP contribution is 2.28. The molecule has 2 aromatic carbocycles. The molecule has 0 radical (unpaired) electrons. The van der Waals surface area contributed by atoms with Gasteiger partial charge < -0.3 is 14.1 Å². The van der Waals surface area contributed by atoms with Gasteiger partial charge in [0.15, 0.2) is 11.7 Å². The largest absolute Gasteiger partial charge is 0.497 e. The number of carbonyl (C=O) groups is 1. The number of rotatable bonds is 7. The Bertz CT molecular complexity index is 1040. The van der Waals surface area contributed by atoms with E-state index in [-0.39, 0.29) is 11.9 Å². The highest BCUT2D eigenvalue weighted by molar-refractivity contribution is 6.31. The zero-order valence-electron chi connectivity index (χ0n) is 18.5. The van der Waals surface area contributed by atoms with Crippen LogP contribution >= 0.6 is 11.6 Å². The Morgan fingerprint density at radius 1 is 1.12 bits per heavy atom. The van der Waals surface area contributed by atoms with Crippen LogP contribution in [-0.2, 0) is 11.2 Å². The van der Waals surface area contributed by atoms with Gasteiger partial charge in [-0.3, -0.25) is 9.69 Å². The van der Waals surface area contributed by atoms with Crippen molar-refractivity contribution in [1.29, 1.82) is 0 Å². The van der Waals surface area contributed by atoms with Gasteiger partial charge >= 0.3 is 0 Å². The van der Waals surface area contributed by atoms with Crippen LogP contribution in [-0.4, -0.2) is 54.0 Å². The molecular weight excluding hydrogens is 426 g/mol. The Balaban J connectivity index is 1.26. The molecule has 1 saturated heterocycles. The number of oxazole rings is 1. The lowest BCUT2D eigenvalue weighted by Crippen LogP contribution is -2.49. The third-order valence-electron chi connectivity index (χ3n) is 6.05. The van der Waals surface area contributed by atoms with E-state index < -0.39 is 0 Å². The molecule has 2 heterocycles. The first-order valence-corrected chi connectivity index (χ1v) is 11.3. The molecule has 1 unspecified atom stereocenters. The van der Waals surface area contributed by atoms with Crippen molar-refractivity contribution in [2.75, 3.05) is 33.3 Å². The summed E-state index contributed by atoms with van der Waals surface area (Å²) in [5, 5.41) is 0.790. The van der Waals surface area contributed by atoms with Crippen LogP contribution in [0.1, 0.15) is 30.8 Å². The summed E-state index contributed by atoms with van der Waals surface area (Å²) in [5.74, 6) is 2.20. The number of halogens is 1. The number of hydrogen-bond donors (Lipinski definition) is 0. The lowest BCUT2D eigenvalue weighted by atomic mass is 10.1. The maximum atomic E-state index is 12.7. The first kappa shape index (κ1) is 22.4. The van der Waals surface area contributed by atoms with Crippen molar-refractivity contribution in [2.24, 2.45) is 0 Å². The van der Waals surface area contributed by atoms with E-state index >= 15 is 0 Å². The predicted octanol–water partition coefficient (Wildman–Crippen LogP) is 4.84. The Morgan fingerprint density at radius 2 is 1.84 bits per heavy atom. The van der Waals surface area contributed by atoms with Gasteiger partial charge in [-0.05, 0) is 42.8 Å².